The molecule has 2 amide bonds. The lowest BCUT2D eigenvalue weighted by atomic mass is 9.97. The van der Waals surface area contributed by atoms with Crippen LogP contribution in [0.4, 0.5) is 8.78 Å². The van der Waals surface area contributed by atoms with Crippen molar-refractivity contribution in [1.82, 2.24) is 20.6 Å². The summed E-state index contributed by atoms with van der Waals surface area (Å²) in [5, 5.41) is 6.59. The molecule has 8 aromatic rings. The van der Waals surface area contributed by atoms with E-state index in [0.717, 1.165) is 27.8 Å². The zero-order valence-corrected chi connectivity index (χ0v) is 30.3. The second kappa shape index (κ2) is 14.5. The first kappa shape index (κ1) is 35.7. The average Bonchev–Trinajstić information content (AvgIpc) is 3.79. The Bertz CT molecular complexity index is 2870. The third kappa shape index (κ3) is 6.57. The second-order valence-corrected chi connectivity index (χ2v) is 13.1. The van der Waals surface area contributed by atoms with Gasteiger partial charge in [-0.05, 0) is 113 Å². The maximum Gasteiger partial charge on any atom is 0.256 e. The van der Waals surface area contributed by atoms with Crippen LogP contribution < -0.4 is 20.9 Å². The van der Waals surface area contributed by atoms with E-state index in [4.69, 9.17) is 13.6 Å². The lowest BCUT2D eigenvalue weighted by molar-refractivity contribution is 0.0947. The van der Waals surface area contributed by atoms with Crippen LogP contribution in [-0.2, 0) is 6.54 Å². The van der Waals surface area contributed by atoms with Gasteiger partial charge in [-0.1, -0.05) is 12.1 Å². The first-order valence-electron chi connectivity index (χ1n) is 17.5. The highest BCUT2D eigenvalue weighted by Crippen LogP contribution is 2.39. The predicted octanol–water partition coefficient (Wildman–Crippen LogP) is 8.82. The van der Waals surface area contributed by atoms with Gasteiger partial charge in [-0.3, -0.25) is 14.4 Å². The third-order valence-electron chi connectivity index (χ3n) is 9.63. The molecule has 0 saturated carbocycles. The number of aromatic nitrogens is 2. The number of carbonyl (C=O) groups is 2. The van der Waals surface area contributed by atoms with Crippen molar-refractivity contribution in [3.8, 4) is 50.8 Å². The minimum atomic E-state index is -0.565. The number of nitrogens with one attached hydrogen (secondary N) is 3. The van der Waals surface area contributed by atoms with Crippen molar-refractivity contribution < 1.29 is 31.9 Å². The molecule has 0 aliphatic carbocycles. The Balaban J connectivity index is 1.21. The molecule has 0 bridgehead atoms. The largest absolute Gasteiger partial charge is 0.481 e. The third-order valence-corrected chi connectivity index (χ3v) is 9.63. The topological polar surface area (TPSA) is 139 Å². The van der Waals surface area contributed by atoms with E-state index in [1.54, 1.807) is 48.8 Å². The zero-order chi connectivity index (χ0) is 39.1. The molecule has 10 nitrogen and oxygen atoms in total. The Hall–Kier alpha value is -7.34. The van der Waals surface area contributed by atoms with Crippen LogP contribution in [0.2, 0.25) is 0 Å². The summed E-state index contributed by atoms with van der Waals surface area (Å²) in [6, 6.07) is 25.3. The molecule has 8 rings (SSSR count). The first-order chi connectivity index (χ1) is 27.1. The number of ether oxygens (including phenoxy) is 1. The molecule has 0 saturated heterocycles. The molecule has 3 N–H and O–H groups in total. The number of pyridine rings is 2. The number of aryl methyl sites for hydroxylation is 1. The van der Waals surface area contributed by atoms with E-state index in [1.165, 1.54) is 62.7 Å². The van der Waals surface area contributed by atoms with Crippen LogP contribution in [0.3, 0.4) is 0 Å². The fraction of sp³-hybridized carbons (Fsp3) is 0.0909. The Morgan fingerprint density at radius 3 is 2.07 bits per heavy atom. The number of aromatic amines is 1. The number of nitrogens with zero attached hydrogens (tertiary/aromatic N) is 1. The summed E-state index contributed by atoms with van der Waals surface area (Å²) in [5.74, 6) is -1.18. The smallest absolute Gasteiger partial charge is 0.256 e. The van der Waals surface area contributed by atoms with E-state index < -0.39 is 23.4 Å². The molecule has 0 unspecified atom stereocenters. The number of furan rings is 2. The molecule has 0 radical (unpaired) electrons. The summed E-state index contributed by atoms with van der Waals surface area (Å²) < 4.78 is 46.9. The average molecular weight is 751 g/mol. The number of fused-ring (bicyclic) bond motifs is 2. The highest BCUT2D eigenvalue weighted by atomic mass is 19.1. The molecule has 0 atom stereocenters. The SMILES string of the molecule is CNC(=O)c1c(-c2ccc(F)cc2CNC(=O)c2c(-c3ccc(F)cc3)oc3ccc(-c4cc(OC)ncc4C)cc23)oc2ccc(-c3ccc(=O)[nH]c3)cc12. The Morgan fingerprint density at radius 2 is 1.38 bits per heavy atom. The number of benzene rings is 4. The van der Waals surface area contributed by atoms with Crippen LogP contribution in [0.15, 0.2) is 123 Å². The summed E-state index contributed by atoms with van der Waals surface area (Å²) in [6.45, 7) is 1.74. The van der Waals surface area contributed by atoms with Gasteiger partial charge >= 0.3 is 0 Å². The molecule has 4 aromatic heterocycles. The number of hydrogen-bond acceptors (Lipinski definition) is 7. The summed E-state index contributed by atoms with van der Waals surface area (Å²) >= 11 is 0. The maximum absolute atomic E-state index is 15.0. The maximum atomic E-state index is 15.0. The van der Waals surface area contributed by atoms with Crippen LogP contribution in [0.5, 0.6) is 5.88 Å². The fourth-order valence-corrected chi connectivity index (χ4v) is 6.82. The van der Waals surface area contributed by atoms with E-state index in [-0.39, 0.29) is 34.8 Å². The molecule has 0 aliphatic heterocycles. The predicted molar refractivity (Wildman–Crippen MR) is 208 cm³/mol. The lowest BCUT2D eigenvalue weighted by Crippen LogP contribution is -2.24. The molecule has 56 heavy (non-hydrogen) atoms. The minimum absolute atomic E-state index is 0.172. The molecular formula is C44H32F2N4O6. The quantitative estimate of drug-likeness (QED) is 0.134. The van der Waals surface area contributed by atoms with Gasteiger partial charge < -0.3 is 29.2 Å². The number of hydrogen-bond donors (Lipinski definition) is 3. The van der Waals surface area contributed by atoms with E-state index in [9.17, 15) is 23.2 Å². The first-order valence-corrected chi connectivity index (χ1v) is 17.5. The van der Waals surface area contributed by atoms with Crippen molar-refractivity contribution in [3.05, 3.63) is 154 Å². The summed E-state index contributed by atoms with van der Waals surface area (Å²) in [6.07, 6.45) is 3.28. The molecular weight excluding hydrogens is 719 g/mol. The highest BCUT2D eigenvalue weighted by Gasteiger charge is 2.26. The Kier molecular flexibility index (Phi) is 9.22. The Labute approximate surface area is 317 Å². The molecule has 0 fully saturated rings. The number of amides is 2. The monoisotopic (exact) mass is 750 g/mol. The van der Waals surface area contributed by atoms with Crippen molar-refractivity contribution in [1.29, 1.82) is 0 Å². The number of halogens is 2. The highest BCUT2D eigenvalue weighted by molar-refractivity contribution is 6.13. The second-order valence-electron chi connectivity index (χ2n) is 13.1. The van der Waals surface area contributed by atoms with Crippen LogP contribution in [-0.4, -0.2) is 35.9 Å². The van der Waals surface area contributed by atoms with E-state index in [1.807, 2.05) is 19.1 Å². The molecule has 12 heteroatoms. The number of H-pyrrole nitrogens is 1. The van der Waals surface area contributed by atoms with E-state index in [0.29, 0.717) is 44.5 Å². The van der Waals surface area contributed by atoms with Crippen LogP contribution in [0, 0.1) is 18.6 Å². The summed E-state index contributed by atoms with van der Waals surface area (Å²) in [4.78, 5) is 46.5. The molecule has 0 spiro atoms. The van der Waals surface area contributed by atoms with Gasteiger partial charge in [0.15, 0.2) is 0 Å². The minimum Gasteiger partial charge on any atom is -0.481 e. The fourth-order valence-electron chi connectivity index (χ4n) is 6.82. The summed E-state index contributed by atoms with van der Waals surface area (Å²) in [5.41, 5.74) is 6.10. The zero-order valence-electron chi connectivity index (χ0n) is 30.3. The van der Waals surface area contributed by atoms with Gasteiger partial charge in [-0.2, -0.15) is 0 Å². The van der Waals surface area contributed by atoms with Gasteiger partial charge in [-0.25, -0.2) is 13.8 Å². The number of carbonyl (C=O) groups excluding carboxylic acids is 2. The number of methoxy groups -OCH3 is 1. The van der Waals surface area contributed by atoms with E-state index >= 15 is 0 Å². The van der Waals surface area contributed by atoms with Crippen molar-refractivity contribution in [2.45, 2.75) is 13.5 Å². The molecule has 278 valence electrons. The van der Waals surface area contributed by atoms with Crippen molar-refractivity contribution in [2.24, 2.45) is 0 Å². The van der Waals surface area contributed by atoms with Crippen LogP contribution in [0.25, 0.3) is 66.8 Å². The normalized spacial score (nSPS) is 11.2. The van der Waals surface area contributed by atoms with Crippen molar-refractivity contribution in [3.63, 3.8) is 0 Å². The van der Waals surface area contributed by atoms with Crippen LogP contribution in [0.1, 0.15) is 31.8 Å². The van der Waals surface area contributed by atoms with Gasteiger partial charge in [-0.15, -0.1) is 0 Å². The number of rotatable bonds is 9. The summed E-state index contributed by atoms with van der Waals surface area (Å²) in [7, 11) is 3.02. The van der Waals surface area contributed by atoms with Gasteiger partial charge in [0.25, 0.3) is 11.8 Å². The van der Waals surface area contributed by atoms with Crippen LogP contribution >= 0.6 is 0 Å². The van der Waals surface area contributed by atoms with Crippen molar-refractivity contribution in [2.75, 3.05) is 14.2 Å². The molecule has 0 aliphatic rings. The van der Waals surface area contributed by atoms with Gasteiger partial charge in [0.05, 0.1) is 18.2 Å². The van der Waals surface area contributed by atoms with Gasteiger partial charge in [0.1, 0.15) is 34.3 Å². The van der Waals surface area contributed by atoms with Gasteiger partial charge in [0.2, 0.25) is 11.4 Å². The van der Waals surface area contributed by atoms with E-state index in [2.05, 4.69) is 20.6 Å². The van der Waals surface area contributed by atoms with Crippen molar-refractivity contribution >= 4 is 33.8 Å². The lowest BCUT2D eigenvalue weighted by Gasteiger charge is -2.12. The molecule has 4 aromatic carbocycles. The molecule has 4 heterocycles. The van der Waals surface area contributed by atoms with Gasteiger partial charge in [0, 0.05) is 60.0 Å². The Morgan fingerprint density at radius 1 is 0.732 bits per heavy atom. The standard InChI is InChI=1S/C44H32F2N4O6/c1-23-20-49-38(54-3)19-32(23)26-7-14-35-34(18-26)39(41(55-35)24-4-9-29(45)10-5-24)44(53)50-22-28-16-30(46)11-12-31(28)42-40(43(52)47-2)33-17-25(6-13-36(33)56-42)27-8-15-37(51)48-21-27/h4-21H,22H2,1-3H3,(H,47,52)(H,48,51)(H,50,53).